The van der Waals surface area contributed by atoms with E-state index >= 15 is 0 Å². The number of aliphatic hydroxyl groups excluding tert-OH is 3. The Balaban J connectivity index is 2.44. The number of nitrogens with zero attached hydrogens (tertiary/aromatic N) is 2. The standard InChI is InChI=1S/C11H16N2O6/c1-2-12-7(15)3-4-13(11(12)18)10-9(17)8(16)6(5-14)19-10/h3-4,6,8-10,14,16-17H,2,5H2,1H3/t6-,8?,9?,10-/m0/s1. The van der Waals surface area contributed by atoms with Gasteiger partial charge in [0.25, 0.3) is 5.56 Å². The zero-order valence-corrected chi connectivity index (χ0v) is 10.3. The third kappa shape index (κ3) is 2.23. The van der Waals surface area contributed by atoms with Crippen LogP contribution in [0.2, 0.25) is 0 Å². The molecule has 0 aromatic carbocycles. The fourth-order valence-corrected chi connectivity index (χ4v) is 2.13. The summed E-state index contributed by atoms with van der Waals surface area (Å²) in [6.07, 6.45) is -3.52. The molecule has 1 aromatic heterocycles. The third-order valence-electron chi connectivity index (χ3n) is 3.20. The number of hydrogen-bond donors (Lipinski definition) is 3. The van der Waals surface area contributed by atoms with Crippen LogP contribution in [0.25, 0.3) is 0 Å². The minimum Gasteiger partial charge on any atom is -0.394 e. The number of ether oxygens (including phenoxy) is 1. The number of rotatable bonds is 3. The van der Waals surface area contributed by atoms with Crippen molar-refractivity contribution in [2.75, 3.05) is 6.61 Å². The molecule has 1 aliphatic rings. The van der Waals surface area contributed by atoms with Crippen LogP contribution in [0, 0.1) is 0 Å². The lowest BCUT2D eigenvalue weighted by Crippen LogP contribution is -2.42. The van der Waals surface area contributed by atoms with Crippen LogP contribution in [-0.4, -0.2) is 49.4 Å². The van der Waals surface area contributed by atoms with E-state index in [-0.39, 0.29) is 6.54 Å². The number of aliphatic hydroxyl groups is 3. The maximum atomic E-state index is 12.0. The average Bonchev–Trinajstić information content (AvgIpc) is 2.67. The van der Waals surface area contributed by atoms with Crippen molar-refractivity contribution in [2.45, 2.75) is 38.0 Å². The predicted octanol–water partition coefficient (Wildman–Crippen LogP) is -2.36. The molecule has 0 aliphatic carbocycles. The molecular weight excluding hydrogens is 256 g/mol. The van der Waals surface area contributed by atoms with Gasteiger partial charge in [-0.2, -0.15) is 0 Å². The SMILES string of the molecule is CCn1c(=O)ccn([C@H]2O[C@@H](CO)C(O)C2O)c1=O. The van der Waals surface area contributed by atoms with E-state index in [1.807, 2.05) is 0 Å². The summed E-state index contributed by atoms with van der Waals surface area (Å²) in [6.45, 7) is 1.36. The Bertz CT molecular complexity index is 565. The molecule has 0 spiro atoms. The molecule has 1 aromatic rings. The Morgan fingerprint density at radius 2 is 2.00 bits per heavy atom. The van der Waals surface area contributed by atoms with E-state index in [1.165, 1.54) is 12.3 Å². The van der Waals surface area contributed by atoms with E-state index in [0.717, 1.165) is 9.13 Å². The van der Waals surface area contributed by atoms with Crippen molar-refractivity contribution in [3.8, 4) is 0 Å². The van der Waals surface area contributed by atoms with Gasteiger partial charge in [0, 0.05) is 18.8 Å². The van der Waals surface area contributed by atoms with Gasteiger partial charge in [-0.3, -0.25) is 13.9 Å². The fraction of sp³-hybridized carbons (Fsp3) is 0.636. The fourth-order valence-electron chi connectivity index (χ4n) is 2.13. The van der Waals surface area contributed by atoms with Crippen LogP contribution < -0.4 is 11.2 Å². The molecule has 2 unspecified atom stereocenters. The molecule has 1 aliphatic heterocycles. The first-order valence-electron chi connectivity index (χ1n) is 5.95. The molecule has 0 radical (unpaired) electrons. The van der Waals surface area contributed by atoms with Gasteiger partial charge in [0.05, 0.1) is 6.61 Å². The van der Waals surface area contributed by atoms with Crippen LogP contribution >= 0.6 is 0 Å². The zero-order chi connectivity index (χ0) is 14.2. The van der Waals surface area contributed by atoms with Crippen molar-refractivity contribution in [2.24, 2.45) is 0 Å². The van der Waals surface area contributed by atoms with Gasteiger partial charge in [-0.15, -0.1) is 0 Å². The lowest BCUT2D eigenvalue weighted by atomic mass is 10.1. The van der Waals surface area contributed by atoms with Crippen LogP contribution in [0.4, 0.5) is 0 Å². The zero-order valence-electron chi connectivity index (χ0n) is 10.3. The molecule has 2 heterocycles. The van der Waals surface area contributed by atoms with E-state index in [1.54, 1.807) is 6.92 Å². The monoisotopic (exact) mass is 272 g/mol. The van der Waals surface area contributed by atoms with Crippen molar-refractivity contribution in [3.05, 3.63) is 33.1 Å². The molecule has 19 heavy (non-hydrogen) atoms. The lowest BCUT2D eigenvalue weighted by Gasteiger charge is -2.18. The van der Waals surface area contributed by atoms with Gasteiger partial charge in [-0.25, -0.2) is 4.79 Å². The van der Waals surface area contributed by atoms with E-state index in [2.05, 4.69) is 0 Å². The molecule has 0 saturated carbocycles. The molecule has 3 N–H and O–H groups in total. The van der Waals surface area contributed by atoms with Crippen LogP contribution in [0.1, 0.15) is 13.2 Å². The first kappa shape index (κ1) is 13.9. The molecule has 2 rings (SSSR count). The highest BCUT2D eigenvalue weighted by Gasteiger charge is 2.43. The van der Waals surface area contributed by atoms with Crippen molar-refractivity contribution < 1.29 is 20.1 Å². The van der Waals surface area contributed by atoms with Crippen molar-refractivity contribution in [3.63, 3.8) is 0 Å². The minimum atomic E-state index is -1.35. The summed E-state index contributed by atoms with van der Waals surface area (Å²) in [5.41, 5.74) is -1.08. The summed E-state index contributed by atoms with van der Waals surface area (Å²) in [5, 5.41) is 28.5. The second kappa shape index (κ2) is 5.25. The van der Waals surface area contributed by atoms with Crippen molar-refractivity contribution >= 4 is 0 Å². The normalized spacial score (nSPS) is 30.7. The van der Waals surface area contributed by atoms with Crippen molar-refractivity contribution in [1.29, 1.82) is 0 Å². The van der Waals surface area contributed by atoms with Gasteiger partial charge < -0.3 is 20.1 Å². The highest BCUT2D eigenvalue weighted by molar-refractivity contribution is 4.94. The Labute approximate surface area is 108 Å². The van der Waals surface area contributed by atoms with Crippen LogP contribution in [-0.2, 0) is 11.3 Å². The van der Waals surface area contributed by atoms with Gasteiger partial charge in [0.15, 0.2) is 6.23 Å². The predicted molar refractivity (Wildman–Crippen MR) is 63.6 cm³/mol. The summed E-state index contributed by atoms with van der Waals surface area (Å²) in [7, 11) is 0. The Hall–Kier alpha value is -1.48. The van der Waals surface area contributed by atoms with Crippen molar-refractivity contribution in [1.82, 2.24) is 9.13 Å². The number of hydrogen-bond acceptors (Lipinski definition) is 6. The van der Waals surface area contributed by atoms with Crippen LogP contribution in [0.3, 0.4) is 0 Å². The molecule has 8 heteroatoms. The van der Waals surface area contributed by atoms with Gasteiger partial charge in [0.2, 0.25) is 0 Å². The lowest BCUT2D eigenvalue weighted by molar-refractivity contribution is -0.0555. The molecular formula is C11H16N2O6. The highest BCUT2D eigenvalue weighted by atomic mass is 16.6. The van der Waals surface area contributed by atoms with Gasteiger partial charge in [-0.05, 0) is 6.92 Å². The topological polar surface area (TPSA) is 114 Å². The maximum absolute atomic E-state index is 12.0. The largest absolute Gasteiger partial charge is 0.394 e. The molecule has 0 amide bonds. The third-order valence-corrected chi connectivity index (χ3v) is 3.20. The average molecular weight is 272 g/mol. The summed E-state index contributed by atoms with van der Waals surface area (Å²) in [6, 6.07) is 1.18. The maximum Gasteiger partial charge on any atom is 0.333 e. The Morgan fingerprint density at radius 1 is 1.32 bits per heavy atom. The van der Waals surface area contributed by atoms with E-state index in [0.29, 0.717) is 0 Å². The summed E-state index contributed by atoms with van der Waals surface area (Å²) in [5.74, 6) is 0. The number of aromatic nitrogens is 2. The molecule has 0 bridgehead atoms. The van der Waals surface area contributed by atoms with Gasteiger partial charge in [-0.1, -0.05) is 0 Å². The van der Waals surface area contributed by atoms with Gasteiger partial charge >= 0.3 is 5.69 Å². The van der Waals surface area contributed by atoms with E-state index < -0.39 is 42.4 Å². The van der Waals surface area contributed by atoms with E-state index in [4.69, 9.17) is 9.84 Å². The van der Waals surface area contributed by atoms with Crippen LogP contribution in [0.15, 0.2) is 21.9 Å². The molecule has 8 nitrogen and oxygen atoms in total. The molecule has 4 atom stereocenters. The summed E-state index contributed by atoms with van der Waals surface area (Å²) in [4.78, 5) is 23.5. The Kier molecular flexibility index (Phi) is 3.85. The quantitative estimate of drug-likeness (QED) is 0.567. The molecule has 1 fully saturated rings. The Morgan fingerprint density at radius 3 is 2.53 bits per heavy atom. The summed E-state index contributed by atoms with van der Waals surface area (Å²) >= 11 is 0. The van der Waals surface area contributed by atoms with E-state index in [9.17, 15) is 19.8 Å². The molecule has 1 saturated heterocycles. The second-order valence-electron chi connectivity index (χ2n) is 4.32. The second-order valence-corrected chi connectivity index (χ2v) is 4.32. The smallest absolute Gasteiger partial charge is 0.333 e. The van der Waals surface area contributed by atoms with Crippen LogP contribution in [0.5, 0.6) is 0 Å². The first-order chi connectivity index (χ1) is 9.01. The minimum absolute atomic E-state index is 0.188. The van der Waals surface area contributed by atoms with Gasteiger partial charge in [0.1, 0.15) is 18.3 Å². The molecule has 106 valence electrons. The summed E-state index contributed by atoms with van der Waals surface area (Å²) < 4.78 is 7.26. The first-order valence-corrected chi connectivity index (χ1v) is 5.95. The highest BCUT2D eigenvalue weighted by Crippen LogP contribution is 2.27.